The monoisotopic (exact) mass is 964 g/mol. The Hall–Kier alpha value is -1.54. The number of amides is 1. The molecule has 394 valence electrons. The van der Waals surface area contributed by atoms with E-state index in [-0.39, 0.29) is 19.1 Å². The number of unbranched alkanes of at least 4 members (excludes halogenated alkanes) is 33. The van der Waals surface area contributed by atoms with Crippen LogP contribution in [0.3, 0.4) is 0 Å². The van der Waals surface area contributed by atoms with Gasteiger partial charge < -0.3 is 19.8 Å². The van der Waals surface area contributed by atoms with Crippen molar-refractivity contribution in [3.05, 3.63) is 48.6 Å². The summed E-state index contributed by atoms with van der Waals surface area (Å²) in [6.45, 7) is 4.80. The van der Waals surface area contributed by atoms with Crippen molar-refractivity contribution < 1.29 is 32.9 Å². The fourth-order valence-electron chi connectivity index (χ4n) is 8.25. The lowest BCUT2D eigenvalue weighted by molar-refractivity contribution is -0.870. The SMILES string of the molecule is CCCCCCCCC/C=C/CC/C=C/CC/C=C/C(O)C(COP(=O)(O)OCC[N+](C)(C)C)NC(=O)CCCCCCCCCCCCCC/C=C\CCCCCCCCCCCCCC. The number of phosphoric acid groups is 1. The van der Waals surface area contributed by atoms with Gasteiger partial charge in [0.15, 0.2) is 0 Å². The number of carbonyl (C=O) groups is 1. The standard InChI is InChI=1S/C58H111N2O6P/c1-6-8-10-12-14-16-18-20-22-24-25-26-27-28-29-30-31-32-33-34-36-38-40-42-44-46-48-50-52-58(62)59-56(55-66-67(63,64)65-54-53-60(3,4)5)57(61)51-49-47-45-43-41-39-37-35-23-21-19-17-15-13-11-9-7-2/h23,28-29,35,41,43,49,51,56-57,61H,6-22,24-27,30-34,36-40,42,44-48,50,52-55H2,1-5H3,(H-,59,62,63,64)/p+1/b29-28-,35-23+,43-41+,51-49+. The average molecular weight is 965 g/mol. The maximum atomic E-state index is 13.0. The van der Waals surface area contributed by atoms with Gasteiger partial charge in [-0.25, -0.2) is 4.57 Å². The Morgan fingerprint density at radius 1 is 0.493 bits per heavy atom. The van der Waals surface area contributed by atoms with Crippen LogP contribution in [-0.4, -0.2) is 73.4 Å². The number of carbonyl (C=O) groups excluding carboxylic acids is 1. The fraction of sp³-hybridized carbons (Fsp3) is 0.845. The lowest BCUT2D eigenvalue weighted by atomic mass is 10.0. The van der Waals surface area contributed by atoms with E-state index in [1.54, 1.807) is 6.08 Å². The maximum absolute atomic E-state index is 13.0. The van der Waals surface area contributed by atoms with Crippen LogP contribution in [0.25, 0.3) is 0 Å². The molecule has 8 nitrogen and oxygen atoms in total. The average Bonchev–Trinajstić information content (AvgIpc) is 3.29. The van der Waals surface area contributed by atoms with Crippen molar-refractivity contribution in [3.63, 3.8) is 0 Å². The summed E-state index contributed by atoms with van der Waals surface area (Å²) < 4.78 is 23.7. The molecular formula is C58H112N2O6P+. The first-order valence-corrected chi connectivity index (χ1v) is 30.0. The Bertz CT molecular complexity index is 1230. The van der Waals surface area contributed by atoms with Crippen molar-refractivity contribution in [1.82, 2.24) is 5.32 Å². The van der Waals surface area contributed by atoms with Gasteiger partial charge in [-0.15, -0.1) is 0 Å². The number of aliphatic hydroxyl groups is 1. The van der Waals surface area contributed by atoms with E-state index < -0.39 is 20.0 Å². The second-order valence-corrected chi connectivity index (χ2v) is 22.1. The van der Waals surface area contributed by atoms with Gasteiger partial charge in [0.25, 0.3) is 0 Å². The Labute approximate surface area is 416 Å². The number of hydrogen-bond acceptors (Lipinski definition) is 5. The van der Waals surface area contributed by atoms with Crippen molar-refractivity contribution in [1.29, 1.82) is 0 Å². The predicted octanol–water partition coefficient (Wildman–Crippen LogP) is 17.2. The molecule has 3 atom stereocenters. The zero-order valence-corrected chi connectivity index (χ0v) is 45.8. The summed E-state index contributed by atoms with van der Waals surface area (Å²) in [4.78, 5) is 23.3. The largest absolute Gasteiger partial charge is 0.472 e. The molecule has 0 aromatic heterocycles. The van der Waals surface area contributed by atoms with Crippen LogP contribution >= 0.6 is 7.82 Å². The smallest absolute Gasteiger partial charge is 0.387 e. The van der Waals surface area contributed by atoms with Gasteiger partial charge in [-0.2, -0.15) is 0 Å². The molecule has 0 aliphatic heterocycles. The molecule has 0 fully saturated rings. The lowest BCUT2D eigenvalue weighted by Gasteiger charge is -2.25. The molecule has 0 rings (SSSR count). The molecule has 0 aliphatic rings. The molecule has 0 heterocycles. The molecule has 3 unspecified atom stereocenters. The van der Waals surface area contributed by atoms with E-state index in [0.717, 1.165) is 44.9 Å². The molecule has 0 aliphatic carbocycles. The molecule has 0 aromatic rings. The number of nitrogens with zero attached hydrogens (tertiary/aromatic N) is 1. The number of aliphatic hydroxyl groups excluding tert-OH is 1. The normalized spacial score (nSPS) is 14.3. The zero-order valence-electron chi connectivity index (χ0n) is 44.9. The summed E-state index contributed by atoms with van der Waals surface area (Å²) in [6.07, 6.45) is 65.0. The third-order valence-electron chi connectivity index (χ3n) is 12.7. The first-order valence-electron chi connectivity index (χ1n) is 28.5. The van der Waals surface area contributed by atoms with Crippen LogP contribution in [0.4, 0.5) is 0 Å². The van der Waals surface area contributed by atoms with Crippen LogP contribution in [0.5, 0.6) is 0 Å². The molecule has 0 saturated carbocycles. The number of rotatable bonds is 52. The number of likely N-dealkylation sites (N-methyl/N-ethyl adjacent to an activating group) is 1. The van der Waals surface area contributed by atoms with Crippen LogP contribution in [0.2, 0.25) is 0 Å². The van der Waals surface area contributed by atoms with E-state index in [1.165, 1.54) is 199 Å². The number of quaternary nitrogens is 1. The summed E-state index contributed by atoms with van der Waals surface area (Å²) in [6, 6.07) is -0.870. The molecule has 0 spiro atoms. The molecule has 1 amide bonds. The quantitative estimate of drug-likeness (QED) is 0.0243. The van der Waals surface area contributed by atoms with E-state index in [1.807, 2.05) is 27.2 Å². The molecule has 9 heteroatoms. The van der Waals surface area contributed by atoms with Gasteiger partial charge in [-0.3, -0.25) is 13.8 Å². The number of phosphoric ester groups is 1. The third kappa shape index (κ3) is 52.1. The minimum Gasteiger partial charge on any atom is -0.387 e. The molecule has 0 aromatic carbocycles. The first kappa shape index (κ1) is 65.5. The van der Waals surface area contributed by atoms with Gasteiger partial charge in [-0.1, -0.05) is 236 Å². The summed E-state index contributed by atoms with van der Waals surface area (Å²) in [5.74, 6) is -0.190. The fourth-order valence-corrected chi connectivity index (χ4v) is 8.98. The van der Waals surface area contributed by atoms with Crippen LogP contribution < -0.4 is 5.32 Å². The van der Waals surface area contributed by atoms with Crippen molar-refractivity contribution in [2.45, 2.75) is 276 Å². The van der Waals surface area contributed by atoms with Crippen LogP contribution in [0, 0.1) is 0 Å². The Morgan fingerprint density at radius 3 is 1.19 bits per heavy atom. The van der Waals surface area contributed by atoms with Gasteiger partial charge in [0.2, 0.25) is 5.91 Å². The number of hydrogen-bond donors (Lipinski definition) is 3. The second kappa shape index (κ2) is 49.4. The molecule has 0 saturated heterocycles. The van der Waals surface area contributed by atoms with Crippen molar-refractivity contribution in [2.24, 2.45) is 0 Å². The molecular weight excluding hydrogens is 852 g/mol. The number of allylic oxidation sites excluding steroid dienone is 7. The highest BCUT2D eigenvalue weighted by Crippen LogP contribution is 2.43. The van der Waals surface area contributed by atoms with Crippen LogP contribution in [0.15, 0.2) is 48.6 Å². The van der Waals surface area contributed by atoms with Gasteiger partial charge in [0, 0.05) is 6.42 Å². The maximum Gasteiger partial charge on any atom is 0.472 e. The van der Waals surface area contributed by atoms with Crippen molar-refractivity contribution in [2.75, 3.05) is 40.9 Å². The summed E-state index contributed by atoms with van der Waals surface area (Å²) >= 11 is 0. The highest BCUT2D eigenvalue weighted by Gasteiger charge is 2.27. The lowest BCUT2D eigenvalue weighted by Crippen LogP contribution is -2.45. The van der Waals surface area contributed by atoms with Crippen molar-refractivity contribution in [3.8, 4) is 0 Å². The minimum absolute atomic E-state index is 0.0532. The van der Waals surface area contributed by atoms with Gasteiger partial charge in [0.05, 0.1) is 39.9 Å². The van der Waals surface area contributed by atoms with E-state index in [9.17, 15) is 19.4 Å². The van der Waals surface area contributed by atoms with E-state index in [2.05, 4.69) is 55.6 Å². The predicted molar refractivity (Wildman–Crippen MR) is 291 cm³/mol. The van der Waals surface area contributed by atoms with Gasteiger partial charge in [-0.05, 0) is 70.6 Å². The Morgan fingerprint density at radius 2 is 0.821 bits per heavy atom. The van der Waals surface area contributed by atoms with Crippen LogP contribution in [-0.2, 0) is 18.4 Å². The second-order valence-electron chi connectivity index (χ2n) is 20.6. The highest BCUT2D eigenvalue weighted by molar-refractivity contribution is 7.47. The summed E-state index contributed by atoms with van der Waals surface area (Å²) in [5.41, 5.74) is 0. The first-order chi connectivity index (χ1) is 32.5. The Kier molecular flexibility index (Phi) is 48.3. The van der Waals surface area contributed by atoms with Gasteiger partial charge >= 0.3 is 7.82 Å². The third-order valence-corrected chi connectivity index (χ3v) is 13.7. The summed E-state index contributed by atoms with van der Waals surface area (Å²) in [7, 11) is 1.55. The Balaban J connectivity index is 4.20. The zero-order chi connectivity index (χ0) is 49.2. The molecule has 67 heavy (non-hydrogen) atoms. The van der Waals surface area contributed by atoms with E-state index in [4.69, 9.17) is 9.05 Å². The van der Waals surface area contributed by atoms with Crippen molar-refractivity contribution >= 4 is 13.7 Å². The van der Waals surface area contributed by atoms with E-state index >= 15 is 0 Å². The molecule has 0 bridgehead atoms. The highest BCUT2D eigenvalue weighted by atomic mass is 31.2. The van der Waals surface area contributed by atoms with E-state index in [0.29, 0.717) is 17.4 Å². The molecule has 0 radical (unpaired) electrons. The molecule has 3 N–H and O–H groups in total. The minimum atomic E-state index is -4.36. The number of nitrogens with one attached hydrogen (secondary N) is 1. The topological polar surface area (TPSA) is 105 Å². The summed E-state index contributed by atoms with van der Waals surface area (Å²) in [5, 5.41) is 13.9. The van der Waals surface area contributed by atoms with Gasteiger partial charge in [0.1, 0.15) is 13.2 Å². The van der Waals surface area contributed by atoms with Crippen LogP contribution in [0.1, 0.15) is 264 Å².